The molecule has 0 amide bonds. The summed E-state index contributed by atoms with van der Waals surface area (Å²) in [7, 11) is 4.00. The summed E-state index contributed by atoms with van der Waals surface area (Å²) in [5, 5.41) is 3.52. The first-order valence-electron chi connectivity index (χ1n) is 11.9. The van der Waals surface area contributed by atoms with Crippen LogP contribution >= 0.6 is 11.6 Å². The predicted octanol–water partition coefficient (Wildman–Crippen LogP) is 6.24. The number of hydrogen-bond acceptors (Lipinski definition) is 5. The van der Waals surface area contributed by atoms with Gasteiger partial charge in [0.2, 0.25) is 5.88 Å². The van der Waals surface area contributed by atoms with E-state index in [9.17, 15) is 4.39 Å². The van der Waals surface area contributed by atoms with Crippen molar-refractivity contribution in [2.75, 3.05) is 25.5 Å². The predicted molar refractivity (Wildman–Crippen MR) is 146 cm³/mol. The summed E-state index contributed by atoms with van der Waals surface area (Å²) in [6, 6.07) is 10.8. The Hall–Kier alpha value is -3.42. The Morgan fingerprint density at radius 2 is 2.17 bits per heavy atom. The van der Waals surface area contributed by atoms with Gasteiger partial charge in [0.05, 0.1) is 17.6 Å². The smallest absolute Gasteiger partial charge is 0.212 e. The number of allylic oxidation sites excluding steroid dienone is 3. The summed E-state index contributed by atoms with van der Waals surface area (Å²) in [6.07, 6.45) is 9.88. The molecule has 0 unspecified atom stereocenters. The van der Waals surface area contributed by atoms with Crippen molar-refractivity contribution in [1.29, 1.82) is 0 Å². The zero-order valence-corrected chi connectivity index (χ0v) is 21.4. The lowest BCUT2D eigenvalue weighted by atomic mass is 10.0. The first-order chi connectivity index (χ1) is 17.5. The summed E-state index contributed by atoms with van der Waals surface area (Å²) in [5.41, 5.74) is 5.04. The van der Waals surface area contributed by atoms with Crippen LogP contribution < -0.4 is 5.32 Å². The Morgan fingerprint density at radius 1 is 1.31 bits per heavy atom. The Morgan fingerprint density at radius 3 is 2.89 bits per heavy atom. The van der Waals surface area contributed by atoms with Crippen molar-refractivity contribution in [2.45, 2.75) is 26.0 Å². The SMILES string of the molecule is C=N/C(=C\C=C/CC1=CCN(Cc2nc3cc(NC)ccc3n2C)CC1)OCc1ccc(Cl)cc1F. The van der Waals surface area contributed by atoms with Crippen LogP contribution in [0.15, 0.2) is 77.2 Å². The molecule has 0 bridgehead atoms. The third kappa shape index (κ3) is 6.42. The van der Waals surface area contributed by atoms with Gasteiger partial charge in [-0.2, -0.15) is 0 Å². The fourth-order valence-electron chi connectivity index (χ4n) is 4.14. The maximum absolute atomic E-state index is 13.9. The Labute approximate surface area is 216 Å². The molecule has 0 spiro atoms. The zero-order chi connectivity index (χ0) is 25.5. The van der Waals surface area contributed by atoms with Crippen molar-refractivity contribution in [3.05, 3.63) is 94.4 Å². The Kier molecular flexibility index (Phi) is 8.57. The molecule has 4 rings (SSSR count). The molecule has 36 heavy (non-hydrogen) atoms. The van der Waals surface area contributed by atoms with Crippen LogP contribution in [-0.4, -0.2) is 41.3 Å². The summed E-state index contributed by atoms with van der Waals surface area (Å²) in [6.45, 7) is 6.31. The first kappa shape index (κ1) is 25.7. The molecule has 2 heterocycles. The van der Waals surface area contributed by atoms with Crippen LogP contribution in [0.4, 0.5) is 10.1 Å². The van der Waals surface area contributed by atoms with Gasteiger partial charge in [-0.15, -0.1) is 0 Å². The second kappa shape index (κ2) is 12.0. The average molecular weight is 508 g/mol. The highest BCUT2D eigenvalue weighted by atomic mass is 35.5. The minimum atomic E-state index is -0.404. The van der Waals surface area contributed by atoms with Gasteiger partial charge in [-0.1, -0.05) is 41.5 Å². The Bertz CT molecular complexity index is 1330. The number of nitrogens with one attached hydrogen (secondary N) is 1. The van der Waals surface area contributed by atoms with Crippen LogP contribution in [0, 0.1) is 5.82 Å². The number of imidazole rings is 1. The topological polar surface area (TPSA) is 54.7 Å². The number of aryl methyl sites for hydroxylation is 1. The number of hydrogen-bond donors (Lipinski definition) is 1. The lowest BCUT2D eigenvalue weighted by Gasteiger charge is -2.25. The van der Waals surface area contributed by atoms with E-state index in [0.717, 1.165) is 55.0 Å². The van der Waals surface area contributed by atoms with E-state index in [4.69, 9.17) is 21.3 Å². The van der Waals surface area contributed by atoms with Gasteiger partial charge in [0.25, 0.3) is 0 Å². The lowest BCUT2D eigenvalue weighted by molar-refractivity contribution is 0.194. The van der Waals surface area contributed by atoms with Gasteiger partial charge in [-0.25, -0.2) is 14.4 Å². The quantitative estimate of drug-likeness (QED) is 0.153. The fourth-order valence-corrected chi connectivity index (χ4v) is 4.29. The van der Waals surface area contributed by atoms with Crippen molar-refractivity contribution < 1.29 is 9.13 Å². The molecule has 1 aromatic heterocycles. The fraction of sp³-hybridized carbons (Fsp3) is 0.286. The van der Waals surface area contributed by atoms with Crippen molar-refractivity contribution in [3.63, 3.8) is 0 Å². The molecule has 1 aliphatic heterocycles. The number of rotatable bonds is 10. The molecule has 0 fully saturated rings. The number of fused-ring (bicyclic) bond motifs is 1. The van der Waals surface area contributed by atoms with E-state index < -0.39 is 5.82 Å². The van der Waals surface area contributed by atoms with Gasteiger partial charge in [0.15, 0.2) is 0 Å². The molecular weight excluding hydrogens is 477 g/mol. The van der Waals surface area contributed by atoms with Crippen LogP contribution in [0.3, 0.4) is 0 Å². The number of aromatic nitrogens is 2. The molecule has 0 atom stereocenters. The molecule has 3 aromatic rings. The summed E-state index contributed by atoms with van der Waals surface area (Å²) < 4.78 is 21.7. The maximum atomic E-state index is 13.9. The molecule has 1 aliphatic rings. The second-order valence-electron chi connectivity index (χ2n) is 8.71. The van der Waals surface area contributed by atoms with E-state index in [1.165, 1.54) is 11.6 Å². The summed E-state index contributed by atoms with van der Waals surface area (Å²) >= 11 is 5.79. The molecular formula is C28H31ClFN5O. The maximum Gasteiger partial charge on any atom is 0.212 e. The van der Waals surface area contributed by atoms with Crippen LogP contribution in [0.1, 0.15) is 24.2 Å². The molecule has 0 saturated heterocycles. The number of halogens is 2. The summed E-state index contributed by atoms with van der Waals surface area (Å²) in [4.78, 5) is 11.1. The molecule has 0 radical (unpaired) electrons. The molecule has 2 aromatic carbocycles. The van der Waals surface area contributed by atoms with Crippen LogP contribution in [0.5, 0.6) is 0 Å². The molecule has 1 N–H and O–H groups in total. The number of nitrogens with zero attached hydrogens (tertiary/aromatic N) is 4. The van der Waals surface area contributed by atoms with Gasteiger partial charge in [0.1, 0.15) is 18.2 Å². The highest BCUT2D eigenvalue weighted by Crippen LogP contribution is 2.22. The zero-order valence-electron chi connectivity index (χ0n) is 20.7. The third-order valence-electron chi connectivity index (χ3n) is 6.32. The molecule has 6 nitrogen and oxygen atoms in total. The molecule has 0 saturated carbocycles. The standard InChI is InChI=1S/C28H31ClFN5O/c1-31-23-10-11-26-25(17-23)33-27(34(26)3)18-35-14-12-20(13-15-35)6-4-5-7-28(32-2)36-19-21-8-9-22(29)16-24(21)30/h4-5,7-12,16-17,31H,2,6,13-15,18-19H2,1,3H3/b5-4-,28-7+. The van der Waals surface area contributed by atoms with Crippen LogP contribution in [0.2, 0.25) is 5.02 Å². The number of benzene rings is 2. The largest absolute Gasteiger partial charge is 0.473 e. The summed E-state index contributed by atoms with van der Waals surface area (Å²) in [5.74, 6) is 1.01. The van der Waals surface area contributed by atoms with Gasteiger partial charge in [-0.3, -0.25) is 4.90 Å². The first-order valence-corrected chi connectivity index (χ1v) is 12.3. The molecule has 8 heteroatoms. The minimum absolute atomic E-state index is 0.0604. The van der Waals surface area contributed by atoms with Crippen LogP contribution in [0.25, 0.3) is 11.0 Å². The molecule has 0 aliphatic carbocycles. The normalized spacial score (nSPS) is 14.9. The highest BCUT2D eigenvalue weighted by molar-refractivity contribution is 6.30. The minimum Gasteiger partial charge on any atom is -0.473 e. The van der Waals surface area contributed by atoms with Crippen molar-refractivity contribution >= 4 is 35.0 Å². The van der Waals surface area contributed by atoms with Crippen molar-refractivity contribution in [3.8, 4) is 0 Å². The van der Waals surface area contributed by atoms with Gasteiger partial charge in [0, 0.05) is 43.5 Å². The van der Waals surface area contributed by atoms with E-state index >= 15 is 0 Å². The Balaban J connectivity index is 1.27. The van der Waals surface area contributed by atoms with E-state index in [1.807, 2.05) is 13.1 Å². The van der Waals surface area contributed by atoms with Gasteiger partial charge in [-0.05, 0) is 56.0 Å². The number of anilines is 1. The average Bonchev–Trinajstić information content (AvgIpc) is 3.19. The lowest BCUT2D eigenvalue weighted by Crippen LogP contribution is -2.29. The van der Waals surface area contributed by atoms with E-state index in [2.05, 4.69) is 63.9 Å². The van der Waals surface area contributed by atoms with Crippen molar-refractivity contribution in [2.24, 2.45) is 12.0 Å². The molecule has 188 valence electrons. The van der Waals surface area contributed by atoms with E-state index in [-0.39, 0.29) is 6.61 Å². The monoisotopic (exact) mass is 507 g/mol. The van der Waals surface area contributed by atoms with Crippen molar-refractivity contribution in [1.82, 2.24) is 14.5 Å². The highest BCUT2D eigenvalue weighted by Gasteiger charge is 2.15. The van der Waals surface area contributed by atoms with E-state index in [0.29, 0.717) is 16.5 Å². The van der Waals surface area contributed by atoms with Crippen LogP contribution in [-0.2, 0) is 24.9 Å². The third-order valence-corrected chi connectivity index (χ3v) is 6.55. The number of ether oxygens (including phenoxy) is 1. The van der Waals surface area contributed by atoms with E-state index in [1.54, 1.807) is 18.2 Å². The van der Waals surface area contributed by atoms with Gasteiger partial charge < -0.3 is 14.6 Å². The second-order valence-corrected chi connectivity index (χ2v) is 9.14. The van der Waals surface area contributed by atoms with Gasteiger partial charge >= 0.3 is 0 Å². The number of aliphatic imine (C=N–C) groups is 1.